The topological polar surface area (TPSA) is 269 Å². The van der Waals surface area contributed by atoms with E-state index in [4.69, 9.17) is 34.8 Å². The number of fused-ring (bicyclic) bond motifs is 2. The van der Waals surface area contributed by atoms with E-state index in [0.717, 1.165) is 15.2 Å². The number of nitrogens with zero attached hydrogens (tertiary/aromatic N) is 11. The monoisotopic (exact) mass is 789 g/mol. The number of azo groups is 2. The summed E-state index contributed by atoms with van der Waals surface area (Å²) in [4.78, 5) is 67.8. The Hall–Kier alpha value is -6.90. The van der Waals surface area contributed by atoms with Crippen molar-refractivity contribution in [1.29, 1.82) is 0 Å². The highest BCUT2D eigenvalue weighted by atomic mass is 35.5. The Morgan fingerprint density at radius 3 is 1.93 bits per heavy atom. The fourth-order valence-electron chi connectivity index (χ4n) is 5.39. The van der Waals surface area contributed by atoms with E-state index in [9.17, 15) is 34.7 Å². The van der Waals surface area contributed by atoms with Crippen LogP contribution in [-0.4, -0.2) is 64.0 Å². The van der Waals surface area contributed by atoms with Gasteiger partial charge in [0.05, 0.1) is 4.92 Å². The summed E-state index contributed by atoms with van der Waals surface area (Å²) < 4.78 is 1.79. The Balaban J connectivity index is 1.36. The maximum atomic E-state index is 14.8. The van der Waals surface area contributed by atoms with Gasteiger partial charge in [-0.25, -0.2) is 23.7 Å². The van der Waals surface area contributed by atoms with Crippen molar-refractivity contribution in [1.82, 2.24) is 19.1 Å². The molecule has 0 bridgehead atoms. The van der Waals surface area contributed by atoms with Gasteiger partial charge >= 0.3 is 12.1 Å². The summed E-state index contributed by atoms with van der Waals surface area (Å²) in [5, 5.41) is 55.0. The number of amides is 4. The van der Waals surface area contributed by atoms with Gasteiger partial charge < -0.3 is 20.8 Å². The number of imidazole rings is 2. The summed E-state index contributed by atoms with van der Waals surface area (Å²) in [5.41, 5.74) is -3.33. The van der Waals surface area contributed by atoms with Gasteiger partial charge in [-0.1, -0.05) is 40.9 Å². The van der Waals surface area contributed by atoms with Crippen LogP contribution < -0.4 is 10.6 Å². The number of hydrogen-bond donors (Lipinski definition) is 4. The van der Waals surface area contributed by atoms with Gasteiger partial charge in [-0.15, -0.1) is 20.5 Å². The van der Waals surface area contributed by atoms with Crippen molar-refractivity contribution < 1.29 is 29.5 Å². The molecule has 2 aromatic heterocycles. The van der Waals surface area contributed by atoms with Crippen molar-refractivity contribution >= 4 is 93.4 Å². The molecule has 0 aliphatic carbocycles. The number of Topliss-reactive ketones (excluding diaryl/α,β-unsaturated/α-hetero) is 1. The first-order chi connectivity index (χ1) is 25.8. The lowest BCUT2D eigenvalue weighted by atomic mass is 9.78. The van der Waals surface area contributed by atoms with Gasteiger partial charge in [0.1, 0.15) is 22.0 Å². The summed E-state index contributed by atoms with van der Waals surface area (Å²) in [7, 11) is 0. The molecule has 4 heterocycles. The second kappa shape index (κ2) is 13.6. The van der Waals surface area contributed by atoms with Crippen molar-refractivity contribution in [2.75, 3.05) is 10.6 Å². The number of anilines is 2. The standard InChI is InChI=1S/C31H18Cl3N13O7/c1-31(21(48)17-3-2-4-18(19(17)34)47(53)54,20-24(50)46-26(37-20)43-44-28(46)40-30(52)36-16-11-7-14(33)8-12-16)25-38-23(49)22-41-42-27(45(22)25)39-29(51)35-15-9-5-13(32)6-10-15/h2-12,49-50H,1H3,(H,35,51)(H,36,52)/t31-/m0/s1. The number of aromatic nitrogens is 4. The summed E-state index contributed by atoms with van der Waals surface area (Å²) >= 11 is 18.2. The molecule has 2 aliphatic rings. The van der Waals surface area contributed by atoms with E-state index in [1.165, 1.54) is 67.6 Å². The number of ketones is 1. The van der Waals surface area contributed by atoms with E-state index in [-0.39, 0.29) is 11.8 Å². The third-order valence-corrected chi connectivity index (χ3v) is 8.82. The molecule has 54 heavy (non-hydrogen) atoms. The van der Waals surface area contributed by atoms with Crippen LogP contribution in [-0.2, 0) is 5.41 Å². The SMILES string of the molecule is C[C@@](C(=O)c1cccc([N+](=O)[O-])c1Cl)(c1nc2n(c1O)C(=NC(=O)Nc1ccc(Cl)cc1)N=N2)c1nc(O)c2n1C(=NC(=O)Nc1ccc(Cl)cc1)N=N2. The van der Waals surface area contributed by atoms with Crippen molar-refractivity contribution in [2.24, 2.45) is 30.4 Å². The van der Waals surface area contributed by atoms with Crippen LogP contribution in [0.25, 0.3) is 0 Å². The lowest BCUT2D eigenvalue weighted by molar-refractivity contribution is -0.384. The Morgan fingerprint density at radius 2 is 1.35 bits per heavy atom. The molecule has 0 unspecified atom stereocenters. The smallest absolute Gasteiger partial charge is 0.348 e. The van der Waals surface area contributed by atoms with Gasteiger partial charge in [0.25, 0.3) is 29.4 Å². The number of benzene rings is 3. The first kappa shape index (κ1) is 35.5. The maximum Gasteiger partial charge on any atom is 0.348 e. The van der Waals surface area contributed by atoms with Crippen LogP contribution in [0.15, 0.2) is 97.2 Å². The van der Waals surface area contributed by atoms with E-state index in [1.807, 2.05) is 0 Å². The van der Waals surface area contributed by atoms with E-state index >= 15 is 0 Å². The molecule has 0 saturated carbocycles. The molecule has 20 nitrogen and oxygen atoms in total. The highest BCUT2D eigenvalue weighted by Gasteiger charge is 2.51. The van der Waals surface area contributed by atoms with E-state index in [2.05, 4.69) is 51.0 Å². The Kier molecular flexibility index (Phi) is 8.93. The Morgan fingerprint density at radius 1 is 0.796 bits per heavy atom. The minimum absolute atomic E-state index is 0.309. The van der Waals surface area contributed by atoms with Gasteiger partial charge in [0, 0.05) is 33.0 Å². The lowest BCUT2D eigenvalue weighted by Crippen LogP contribution is -2.39. The number of hydrogen-bond acceptors (Lipinski definition) is 11. The quantitative estimate of drug-likeness (QED) is 0.0716. The number of halogens is 3. The van der Waals surface area contributed by atoms with Crippen molar-refractivity contribution in [3.05, 3.63) is 109 Å². The second-order valence-corrected chi connectivity index (χ2v) is 12.5. The van der Waals surface area contributed by atoms with Gasteiger partial charge in [-0.05, 0) is 61.5 Å². The zero-order valence-corrected chi connectivity index (χ0v) is 29.1. The van der Waals surface area contributed by atoms with Gasteiger partial charge in [0.2, 0.25) is 11.7 Å². The van der Waals surface area contributed by atoms with Crippen LogP contribution in [0.5, 0.6) is 11.8 Å². The number of nitro groups is 1. The molecule has 0 radical (unpaired) electrons. The van der Waals surface area contributed by atoms with Crippen molar-refractivity contribution in [3.63, 3.8) is 0 Å². The average molecular weight is 791 g/mol. The minimum Gasteiger partial charge on any atom is -0.493 e. The van der Waals surface area contributed by atoms with Gasteiger partial charge in [0.15, 0.2) is 5.78 Å². The minimum atomic E-state index is -2.38. The van der Waals surface area contributed by atoms with Crippen LogP contribution in [0.1, 0.15) is 28.8 Å². The number of carbonyl (C=O) groups is 3. The summed E-state index contributed by atoms with van der Waals surface area (Å²) in [5.74, 6) is -4.85. The molecule has 2 aliphatic heterocycles. The summed E-state index contributed by atoms with van der Waals surface area (Å²) in [6.07, 6.45) is 0. The van der Waals surface area contributed by atoms with Crippen LogP contribution >= 0.6 is 34.8 Å². The summed E-state index contributed by atoms with van der Waals surface area (Å²) in [6, 6.07) is 13.7. The predicted octanol–water partition coefficient (Wildman–Crippen LogP) is 7.62. The van der Waals surface area contributed by atoms with Crippen LogP contribution in [0.3, 0.4) is 0 Å². The largest absolute Gasteiger partial charge is 0.493 e. The van der Waals surface area contributed by atoms with E-state index < -0.39 is 79.7 Å². The third kappa shape index (κ3) is 6.18. The zero-order valence-electron chi connectivity index (χ0n) is 26.8. The van der Waals surface area contributed by atoms with Crippen LogP contribution in [0.4, 0.5) is 38.4 Å². The van der Waals surface area contributed by atoms with Gasteiger partial charge in [-0.2, -0.15) is 15.0 Å². The number of nitro benzene ring substituents is 1. The van der Waals surface area contributed by atoms with Crippen molar-refractivity contribution in [3.8, 4) is 11.8 Å². The van der Waals surface area contributed by atoms with Crippen LogP contribution in [0, 0.1) is 10.1 Å². The highest BCUT2D eigenvalue weighted by molar-refractivity contribution is 6.36. The molecule has 270 valence electrons. The van der Waals surface area contributed by atoms with E-state index in [0.29, 0.717) is 21.4 Å². The number of carbonyl (C=O) groups excluding carboxylic acids is 3. The van der Waals surface area contributed by atoms with Gasteiger partial charge in [-0.3, -0.25) is 14.9 Å². The molecule has 3 aromatic carbocycles. The molecule has 23 heteroatoms. The number of aliphatic imine (C=N–C) groups is 2. The number of nitrogens with one attached hydrogen (secondary N) is 2. The molecule has 1 atom stereocenters. The summed E-state index contributed by atoms with van der Waals surface area (Å²) in [6.45, 7) is 1.20. The molecule has 4 N–H and O–H groups in total. The number of urea groups is 2. The predicted molar refractivity (Wildman–Crippen MR) is 192 cm³/mol. The van der Waals surface area contributed by atoms with Crippen LogP contribution in [0.2, 0.25) is 15.1 Å². The number of aromatic hydroxyl groups is 2. The Labute approximate surface area is 315 Å². The van der Waals surface area contributed by atoms with Crippen molar-refractivity contribution in [2.45, 2.75) is 12.3 Å². The third-order valence-electron chi connectivity index (χ3n) is 7.92. The molecule has 0 spiro atoms. The molecular weight excluding hydrogens is 773 g/mol. The highest BCUT2D eigenvalue weighted by Crippen LogP contribution is 2.47. The lowest BCUT2D eigenvalue weighted by Gasteiger charge is -2.26. The first-order valence-corrected chi connectivity index (χ1v) is 16.2. The zero-order chi connectivity index (χ0) is 38.5. The molecule has 0 saturated heterocycles. The number of rotatable bonds is 7. The molecular formula is C31H18Cl3N13O7. The fraction of sp³-hybridized carbons (Fsp3) is 0.0645. The normalized spacial score (nSPS) is 15.3. The van der Waals surface area contributed by atoms with E-state index in [1.54, 1.807) is 0 Å². The molecule has 7 rings (SSSR count). The molecule has 5 aromatic rings. The molecule has 0 fully saturated rings. The Bertz CT molecular complexity index is 2560. The first-order valence-electron chi connectivity index (χ1n) is 15.0. The fourth-order valence-corrected chi connectivity index (χ4v) is 5.92. The molecule has 4 amide bonds. The average Bonchev–Trinajstić information content (AvgIpc) is 3.90. The maximum absolute atomic E-state index is 14.8. The second-order valence-electron chi connectivity index (χ2n) is 11.3.